The van der Waals surface area contributed by atoms with Crippen LogP contribution < -0.4 is 4.74 Å². The quantitative estimate of drug-likeness (QED) is 0.674. The van der Waals surface area contributed by atoms with Crippen molar-refractivity contribution >= 4 is 11.7 Å². The molecule has 0 spiro atoms. The van der Waals surface area contributed by atoms with Crippen LogP contribution in [0.4, 0.5) is 4.39 Å². The molecule has 25 heavy (non-hydrogen) atoms. The number of methoxy groups -OCH3 is 1. The van der Waals surface area contributed by atoms with Crippen molar-refractivity contribution in [2.75, 3.05) is 20.2 Å². The Morgan fingerprint density at radius 1 is 1.40 bits per heavy atom. The molecule has 1 atom stereocenters. The lowest BCUT2D eigenvalue weighted by molar-refractivity contribution is -0.127. The number of nitrogens with zero attached hydrogens (tertiary/aromatic N) is 3. The Morgan fingerprint density at radius 2 is 2.20 bits per heavy atom. The van der Waals surface area contributed by atoms with Gasteiger partial charge in [0.15, 0.2) is 5.82 Å². The molecule has 1 aliphatic rings. The van der Waals surface area contributed by atoms with Gasteiger partial charge in [-0.15, -0.1) is 0 Å². The smallest absolute Gasteiger partial charge is 0.295 e. The lowest BCUT2D eigenvalue weighted by Crippen LogP contribution is -2.43. The largest absolute Gasteiger partial charge is 0.496 e. The van der Waals surface area contributed by atoms with E-state index in [1.165, 1.54) is 24.1 Å². The first-order valence-corrected chi connectivity index (χ1v) is 8.05. The second-order valence-electron chi connectivity index (χ2n) is 6.04. The molecule has 2 aromatic rings. The van der Waals surface area contributed by atoms with Gasteiger partial charge in [-0.05, 0) is 38.0 Å². The van der Waals surface area contributed by atoms with Crippen LogP contribution in [0.5, 0.6) is 5.75 Å². The van der Waals surface area contributed by atoms with Crippen molar-refractivity contribution in [1.82, 2.24) is 20.1 Å². The van der Waals surface area contributed by atoms with Gasteiger partial charge in [0.25, 0.3) is 11.7 Å². The summed E-state index contributed by atoms with van der Waals surface area (Å²) in [6, 6.07) is 3.55. The van der Waals surface area contributed by atoms with Gasteiger partial charge in [-0.2, -0.15) is 5.10 Å². The normalized spacial score (nSPS) is 17.4. The van der Waals surface area contributed by atoms with E-state index in [1.54, 1.807) is 0 Å². The highest BCUT2D eigenvalue weighted by Gasteiger charge is 2.32. The molecule has 1 aromatic carbocycles. The number of nitrogens with one attached hydrogen (secondary N) is 1. The van der Waals surface area contributed by atoms with Crippen molar-refractivity contribution in [1.29, 1.82) is 0 Å². The molecule has 132 valence electrons. The van der Waals surface area contributed by atoms with Gasteiger partial charge < -0.3 is 9.64 Å². The Balaban J connectivity index is 1.78. The second kappa shape index (κ2) is 7.00. The zero-order valence-electron chi connectivity index (χ0n) is 14.1. The summed E-state index contributed by atoms with van der Waals surface area (Å²) >= 11 is 0. The molecule has 1 saturated heterocycles. The molecule has 0 radical (unpaired) electrons. The van der Waals surface area contributed by atoms with Gasteiger partial charge in [0, 0.05) is 19.0 Å². The minimum Gasteiger partial charge on any atom is -0.496 e. The van der Waals surface area contributed by atoms with E-state index < -0.39 is 17.5 Å². The number of ketones is 1. The number of aryl methyl sites for hydroxylation is 1. The molecule has 3 rings (SSSR count). The number of ether oxygens (including phenoxy) is 1. The van der Waals surface area contributed by atoms with Crippen molar-refractivity contribution < 1.29 is 18.7 Å². The van der Waals surface area contributed by atoms with Crippen LogP contribution in [0.15, 0.2) is 18.2 Å². The third-order valence-corrected chi connectivity index (χ3v) is 4.29. The number of halogens is 1. The van der Waals surface area contributed by atoms with E-state index in [0.29, 0.717) is 24.7 Å². The van der Waals surface area contributed by atoms with Gasteiger partial charge in [0.2, 0.25) is 0 Å². The Bertz CT molecular complexity index is 805. The molecule has 8 heteroatoms. The van der Waals surface area contributed by atoms with Gasteiger partial charge in [-0.3, -0.25) is 14.7 Å². The number of likely N-dealkylation sites (tertiary alicyclic amines) is 1. The van der Waals surface area contributed by atoms with Crippen LogP contribution in [0.2, 0.25) is 0 Å². The lowest BCUT2D eigenvalue weighted by atomic mass is 9.96. The monoisotopic (exact) mass is 346 g/mol. The number of hydrogen-bond acceptors (Lipinski definition) is 5. The molecule has 0 saturated carbocycles. The van der Waals surface area contributed by atoms with Gasteiger partial charge >= 0.3 is 0 Å². The van der Waals surface area contributed by atoms with E-state index in [4.69, 9.17) is 4.74 Å². The number of hydrogen-bond donors (Lipinski definition) is 1. The molecule has 7 nitrogen and oxygen atoms in total. The van der Waals surface area contributed by atoms with Crippen LogP contribution in [-0.2, 0) is 4.79 Å². The average Bonchev–Trinajstić information content (AvgIpc) is 3.07. The molecule has 0 aliphatic carbocycles. The second-order valence-corrected chi connectivity index (χ2v) is 6.04. The van der Waals surface area contributed by atoms with Crippen LogP contribution >= 0.6 is 0 Å². The third kappa shape index (κ3) is 3.52. The number of rotatable bonds is 4. The Hall–Kier alpha value is -2.77. The summed E-state index contributed by atoms with van der Waals surface area (Å²) < 4.78 is 18.6. The molecule has 1 aliphatic heterocycles. The summed E-state index contributed by atoms with van der Waals surface area (Å²) in [6.45, 7) is 2.64. The Labute approximate surface area is 144 Å². The molecule has 1 aromatic heterocycles. The SMILES string of the molecule is COc1ccc(F)cc1C(=O)C(=O)N1CCC[C@@H](c2n[nH]c(C)n2)C1. The maximum Gasteiger partial charge on any atom is 0.295 e. The molecule has 1 amide bonds. The number of aromatic nitrogens is 3. The van der Waals surface area contributed by atoms with E-state index in [9.17, 15) is 14.0 Å². The standard InChI is InChI=1S/C17H19FN4O3/c1-10-19-16(21-20-10)11-4-3-7-22(9-11)17(24)15(23)13-8-12(18)5-6-14(13)25-2/h5-6,8,11H,3-4,7,9H2,1-2H3,(H,19,20,21)/t11-/m1/s1. The van der Waals surface area contributed by atoms with E-state index in [1.807, 2.05) is 6.92 Å². The first-order valence-electron chi connectivity index (χ1n) is 8.05. The van der Waals surface area contributed by atoms with Gasteiger partial charge in [-0.25, -0.2) is 9.37 Å². The van der Waals surface area contributed by atoms with E-state index in [-0.39, 0.29) is 17.2 Å². The number of aromatic amines is 1. The number of benzene rings is 1. The first kappa shape index (κ1) is 17.1. The topological polar surface area (TPSA) is 88.2 Å². The molecule has 0 unspecified atom stereocenters. The number of Topliss-reactive ketones (excluding diaryl/α,β-unsaturated/α-hetero) is 1. The van der Waals surface area contributed by atoms with Gasteiger partial charge in [0.1, 0.15) is 17.4 Å². The molecular weight excluding hydrogens is 327 g/mol. The van der Waals surface area contributed by atoms with E-state index >= 15 is 0 Å². The van der Waals surface area contributed by atoms with E-state index in [2.05, 4.69) is 15.2 Å². The van der Waals surface area contributed by atoms with Crippen molar-refractivity contribution in [3.05, 3.63) is 41.2 Å². The van der Waals surface area contributed by atoms with Crippen LogP contribution in [0.1, 0.15) is 40.8 Å². The predicted octanol–water partition coefficient (Wildman–Crippen LogP) is 1.85. The number of carbonyl (C=O) groups is 2. The fourth-order valence-electron chi connectivity index (χ4n) is 3.03. The lowest BCUT2D eigenvalue weighted by Gasteiger charge is -2.31. The highest BCUT2D eigenvalue weighted by Crippen LogP contribution is 2.26. The Kier molecular flexibility index (Phi) is 4.78. The molecule has 1 N–H and O–H groups in total. The predicted molar refractivity (Wildman–Crippen MR) is 87.0 cm³/mol. The fourth-order valence-corrected chi connectivity index (χ4v) is 3.03. The third-order valence-electron chi connectivity index (χ3n) is 4.29. The fraction of sp³-hybridized carbons (Fsp3) is 0.412. The molecule has 1 fully saturated rings. The minimum atomic E-state index is -0.775. The van der Waals surface area contributed by atoms with Crippen LogP contribution in [0, 0.1) is 12.7 Å². The zero-order chi connectivity index (χ0) is 18.0. The van der Waals surface area contributed by atoms with Crippen molar-refractivity contribution in [2.45, 2.75) is 25.7 Å². The average molecular weight is 346 g/mol. The van der Waals surface area contributed by atoms with Crippen molar-refractivity contribution in [2.24, 2.45) is 0 Å². The summed E-state index contributed by atoms with van der Waals surface area (Å²) in [5.74, 6) is -0.527. The highest BCUT2D eigenvalue weighted by molar-refractivity contribution is 6.43. The van der Waals surface area contributed by atoms with Crippen molar-refractivity contribution in [3.8, 4) is 5.75 Å². The van der Waals surface area contributed by atoms with Crippen LogP contribution in [-0.4, -0.2) is 52.0 Å². The maximum atomic E-state index is 13.5. The molecule has 0 bridgehead atoms. The highest BCUT2D eigenvalue weighted by atomic mass is 19.1. The molecule has 2 heterocycles. The van der Waals surface area contributed by atoms with Gasteiger partial charge in [-0.1, -0.05) is 0 Å². The molecular formula is C17H19FN4O3. The summed E-state index contributed by atoms with van der Waals surface area (Å²) in [5.41, 5.74) is -0.0663. The summed E-state index contributed by atoms with van der Waals surface area (Å²) in [5, 5.41) is 6.94. The first-order chi connectivity index (χ1) is 12.0. The van der Waals surface area contributed by atoms with Crippen LogP contribution in [0.3, 0.4) is 0 Å². The summed E-state index contributed by atoms with van der Waals surface area (Å²) in [6.07, 6.45) is 1.59. The number of piperidine rings is 1. The number of amides is 1. The summed E-state index contributed by atoms with van der Waals surface area (Å²) in [4.78, 5) is 30.9. The number of H-pyrrole nitrogens is 1. The zero-order valence-corrected chi connectivity index (χ0v) is 14.1. The minimum absolute atomic E-state index is 0.0233. The van der Waals surface area contributed by atoms with E-state index in [0.717, 1.165) is 18.9 Å². The Morgan fingerprint density at radius 3 is 2.88 bits per heavy atom. The number of carbonyl (C=O) groups excluding carboxylic acids is 2. The van der Waals surface area contributed by atoms with Gasteiger partial charge in [0.05, 0.1) is 12.7 Å². The van der Waals surface area contributed by atoms with Crippen molar-refractivity contribution in [3.63, 3.8) is 0 Å². The maximum absolute atomic E-state index is 13.5. The van der Waals surface area contributed by atoms with Crippen LogP contribution in [0.25, 0.3) is 0 Å². The summed E-state index contributed by atoms with van der Waals surface area (Å²) in [7, 11) is 1.37.